The number of esters is 2. The van der Waals surface area contributed by atoms with Gasteiger partial charge in [-0.2, -0.15) is 0 Å². The Bertz CT molecular complexity index is 1880. The molecule has 7 heteroatoms. The number of hydrogen-bond donors (Lipinski definition) is 0. The molecule has 0 radical (unpaired) electrons. The lowest BCUT2D eigenvalue weighted by Gasteiger charge is -2.14. The van der Waals surface area contributed by atoms with Gasteiger partial charge in [-0.15, -0.1) is 0 Å². The third-order valence-corrected chi connectivity index (χ3v) is 7.20. The zero-order valence-electron chi connectivity index (χ0n) is 19.6. The van der Waals surface area contributed by atoms with E-state index in [9.17, 15) is 19.2 Å². The third kappa shape index (κ3) is 2.88. The molecule has 0 unspecified atom stereocenters. The molecule has 37 heavy (non-hydrogen) atoms. The summed E-state index contributed by atoms with van der Waals surface area (Å²) < 4.78 is 6.88. The Kier molecular flexibility index (Phi) is 4.30. The van der Waals surface area contributed by atoms with E-state index in [1.54, 1.807) is 36.4 Å². The summed E-state index contributed by atoms with van der Waals surface area (Å²) >= 11 is 0. The Morgan fingerprint density at radius 1 is 0.622 bits per heavy atom. The molecule has 0 saturated carbocycles. The molecule has 7 nitrogen and oxygen atoms in total. The molecular weight excluding hydrogens is 468 g/mol. The molecule has 178 valence electrons. The molecule has 4 aromatic carbocycles. The summed E-state index contributed by atoms with van der Waals surface area (Å²) in [6, 6.07) is 23.6. The number of imide groups is 1. The van der Waals surface area contributed by atoms with E-state index >= 15 is 0 Å². The van der Waals surface area contributed by atoms with Gasteiger partial charge in [0.05, 0.1) is 27.9 Å². The zero-order valence-corrected chi connectivity index (χ0v) is 19.6. The predicted molar refractivity (Wildman–Crippen MR) is 138 cm³/mol. The number of rotatable bonds is 3. The molecule has 5 aromatic rings. The normalized spacial score (nSPS) is 14.6. The largest absolute Gasteiger partial charge is 0.386 e. The van der Waals surface area contributed by atoms with E-state index in [1.165, 1.54) is 11.0 Å². The van der Waals surface area contributed by atoms with Crippen molar-refractivity contribution in [3.8, 4) is 11.1 Å². The van der Waals surface area contributed by atoms with Gasteiger partial charge in [0.25, 0.3) is 11.8 Å². The molecular formula is C30H18N2O5. The Morgan fingerprint density at radius 3 is 2.05 bits per heavy atom. The van der Waals surface area contributed by atoms with Crippen LogP contribution in [0.25, 0.3) is 32.9 Å². The molecule has 0 aliphatic carbocycles. The molecule has 7 rings (SSSR count). The molecule has 0 saturated heterocycles. The number of aromatic nitrogens is 1. The quantitative estimate of drug-likeness (QED) is 0.188. The van der Waals surface area contributed by atoms with E-state index in [-0.39, 0.29) is 22.6 Å². The summed E-state index contributed by atoms with van der Waals surface area (Å²) in [7, 11) is 0. The number of nitrogens with zero attached hydrogens (tertiary/aromatic N) is 2. The number of anilines is 1. The number of para-hydroxylation sites is 1. The zero-order chi connectivity index (χ0) is 25.4. The van der Waals surface area contributed by atoms with Crippen molar-refractivity contribution in [1.29, 1.82) is 0 Å². The summed E-state index contributed by atoms with van der Waals surface area (Å²) in [6.07, 6.45) is 0. The highest BCUT2D eigenvalue weighted by molar-refractivity contribution is 6.35. The minimum Gasteiger partial charge on any atom is -0.386 e. The highest BCUT2D eigenvalue weighted by Gasteiger charge is 2.37. The standard InChI is InChI=1S/C30H18N2O5/c1-2-31-25-6-4-3-5-19(25)22-15-18(9-12-26(22)31)32-27(33)20-10-7-16(13-23(20)28(32)34)17-8-11-21-24(14-17)30(36)37-29(21)35/h3-15H,2H2,1H3. The summed E-state index contributed by atoms with van der Waals surface area (Å²) in [4.78, 5) is 51.8. The summed E-state index contributed by atoms with van der Waals surface area (Å²) in [5.74, 6) is -2.15. The van der Waals surface area contributed by atoms with Crippen LogP contribution in [0.15, 0.2) is 78.9 Å². The maximum Gasteiger partial charge on any atom is 0.346 e. The van der Waals surface area contributed by atoms with Crippen LogP contribution >= 0.6 is 0 Å². The van der Waals surface area contributed by atoms with Crippen molar-refractivity contribution >= 4 is 51.2 Å². The minimum absolute atomic E-state index is 0.187. The van der Waals surface area contributed by atoms with Crippen LogP contribution in [0.3, 0.4) is 0 Å². The van der Waals surface area contributed by atoms with Gasteiger partial charge in [-0.05, 0) is 66.6 Å². The average molecular weight is 486 g/mol. The Morgan fingerprint density at radius 2 is 1.27 bits per heavy atom. The maximum absolute atomic E-state index is 13.5. The lowest BCUT2D eigenvalue weighted by Crippen LogP contribution is -2.29. The highest BCUT2D eigenvalue weighted by atomic mass is 16.6. The summed E-state index contributed by atoms with van der Waals surface area (Å²) in [5, 5.41) is 2.04. The maximum atomic E-state index is 13.5. The molecule has 0 fully saturated rings. The SMILES string of the molecule is CCn1c2ccccc2c2cc(N3C(=O)c4ccc(-c5ccc6c(c5)C(=O)OC6=O)cc4C3=O)ccc21. The van der Waals surface area contributed by atoms with Crippen LogP contribution in [0.5, 0.6) is 0 Å². The van der Waals surface area contributed by atoms with E-state index in [2.05, 4.69) is 22.3 Å². The number of carbonyl (C=O) groups excluding carboxylic acids is 4. The van der Waals surface area contributed by atoms with Crippen molar-refractivity contribution in [2.45, 2.75) is 13.5 Å². The number of cyclic esters (lactones) is 2. The minimum atomic E-state index is -0.694. The molecule has 0 atom stereocenters. The van der Waals surface area contributed by atoms with Crippen molar-refractivity contribution in [3.63, 3.8) is 0 Å². The number of benzene rings is 4. The van der Waals surface area contributed by atoms with E-state index < -0.39 is 17.8 Å². The van der Waals surface area contributed by atoms with Crippen molar-refractivity contribution in [1.82, 2.24) is 4.57 Å². The van der Waals surface area contributed by atoms with Crippen molar-refractivity contribution in [2.24, 2.45) is 0 Å². The first-order valence-corrected chi connectivity index (χ1v) is 11.9. The monoisotopic (exact) mass is 486 g/mol. The van der Waals surface area contributed by atoms with Gasteiger partial charge in [0.1, 0.15) is 0 Å². The van der Waals surface area contributed by atoms with E-state index in [0.717, 1.165) is 28.4 Å². The van der Waals surface area contributed by atoms with Gasteiger partial charge in [0.2, 0.25) is 0 Å². The fraction of sp³-hybridized carbons (Fsp3) is 0.0667. The first-order chi connectivity index (χ1) is 18.0. The number of fused-ring (bicyclic) bond motifs is 5. The van der Waals surface area contributed by atoms with Crippen LogP contribution in [-0.4, -0.2) is 28.3 Å². The second-order valence-electron chi connectivity index (χ2n) is 9.11. The van der Waals surface area contributed by atoms with Crippen LogP contribution in [0.2, 0.25) is 0 Å². The van der Waals surface area contributed by atoms with Gasteiger partial charge in [-0.1, -0.05) is 30.3 Å². The summed E-state index contributed by atoms with van der Waals surface area (Å²) in [5.41, 5.74) is 4.96. The fourth-order valence-electron chi connectivity index (χ4n) is 5.44. The van der Waals surface area contributed by atoms with Gasteiger partial charge >= 0.3 is 11.9 Å². The molecule has 0 spiro atoms. The van der Waals surface area contributed by atoms with E-state index in [0.29, 0.717) is 22.4 Å². The predicted octanol–water partition coefficient (Wildman–Crippen LogP) is 5.59. The van der Waals surface area contributed by atoms with Gasteiger partial charge < -0.3 is 9.30 Å². The van der Waals surface area contributed by atoms with Crippen LogP contribution in [-0.2, 0) is 11.3 Å². The van der Waals surface area contributed by atoms with Crippen LogP contribution < -0.4 is 4.90 Å². The van der Waals surface area contributed by atoms with E-state index in [1.807, 2.05) is 30.3 Å². The van der Waals surface area contributed by atoms with Gasteiger partial charge in [0, 0.05) is 28.4 Å². The summed E-state index contributed by atoms with van der Waals surface area (Å²) in [6.45, 7) is 2.89. The average Bonchev–Trinajstić information content (AvgIpc) is 3.49. The highest BCUT2D eigenvalue weighted by Crippen LogP contribution is 2.36. The van der Waals surface area contributed by atoms with Crippen LogP contribution in [0.1, 0.15) is 48.4 Å². The first kappa shape index (κ1) is 21.3. The second-order valence-corrected chi connectivity index (χ2v) is 9.11. The van der Waals surface area contributed by atoms with Crippen molar-refractivity contribution < 1.29 is 23.9 Å². The van der Waals surface area contributed by atoms with Crippen molar-refractivity contribution in [3.05, 3.63) is 101 Å². The lowest BCUT2D eigenvalue weighted by molar-refractivity contribution is 0.0443. The van der Waals surface area contributed by atoms with Crippen LogP contribution in [0.4, 0.5) is 5.69 Å². The first-order valence-electron chi connectivity index (χ1n) is 11.9. The smallest absolute Gasteiger partial charge is 0.346 e. The van der Waals surface area contributed by atoms with Gasteiger partial charge in [0.15, 0.2) is 0 Å². The number of ether oxygens (including phenoxy) is 1. The van der Waals surface area contributed by atoms with E-state index in [4.69, 9.17) is 0 Å². The van der Waals surface area contributed by atoms with Gasteiger partial charge in [-0.3, -0.25) is 9.59 Å². The molecule has 3 heterocycles. The molecule has 0 N–H and O–H groups in total. The van der Waals surface area contributed by atoms with Crippen molar-refractivity contribution in [2.75, 3.05) is 4.90 Å². The third-order valence-electron chi connectivity index (χ3n) is 7.20. The fourth-order valence-corrected chi connectivity index (χ4v) is 5.44. The molecule has 1 aromatic heterocycles. The Labute approximate surface area is 210 Å². The Balaban J connectivity index is 1.31. The topological polar surface area (TPSA) is 85.7 Å². The second kappa shape index (κ2) is 7.48. The van der Waals surface area contributed by atoms with Gasteiger partial charge in [-0.25, -0.2) is 14.5 Å². The number of hydrogen-bond acceptors (Lipinski definition) is 5. The molecule has 2 aliphatic rings. The Hall–Kier alpha value is -5.04. The number of aryl methyl sites for hydroxylation is 1. The number of amides is 2. The molecule has 0 bridgehead atoms. The lowest BCUT2D eigenvalue weighted by atomic mass is 9.97. The molecule has 2 aliphatic heterocycles. The van der Waals surface area contributed by atoms with Crippen LogP contribution in [0, 0.1) is 0 Å². The number of carbonyl (C=O) groups is 4. The molecule has 2 amide bonds.